The van der Waals surface area contributed by atoms with Crippen LogP contribution in [0.2, 0.25) is 0 Å². The van der Waals surface area contributed by atoms with Gasteiger partial charge in [0.2, 0.25) is 0 Å². The lowest BCUT2D eigenvalue weighted by Gasteiger charge is -2.12. The summed E-state index contributed by atoms with van der Waals surface area (Å²) in [6.07, 6.45) is 5.06. The SMILES string of the molecule is c1ccc(Oc2ccccc2CSc2nnc(C3CC3)n2C2CC2)cc1. The minimum absolute atomic E-state index is 0.624. The molecule has 5 heteroatoms. The molecule has 3 aromatic rings. The van der Waals surface area contributed by atoms with Crippen molar-refractivity contribution in [1.82, 2.24) is 14.8 Å². The minimum atomic E-state index is 0.624. The van der Waals surface area contributed by atoms with Crippen LogP contribution in [0.1, 0.15) is 49.0 Å². The van der Waals surface area contributed by atoms with Crippen molar-refractivity contribution in [3.05, 3.63) is 66.0 Å². The van der Waals surface area contributed by atoms with E-state index in [1.54, 1.807) is 11.8 Å². The maximum Gasteiger partial charge on any atom is 0.191 e. The van der Waals surface area contributed by atoms with Gasteiger partial charge in [0.15, 0.2) is 5.16 Å². The average molecular weight is 363 g/mol. The second-order valence-corrected chi connectivity index (χ2v) is 7.97. The van der Waals surface area contributed by atoms with Crippen LogP contribution in [-0.4, -0.2) is 14.8 Å². The summed E-state index contributed by atoms with van der Waals surface area (Å²) in [6, 6.07) is 18.8. The van der Waals surface area contributed by atoms with Crippen molar-refractivity contribution in [1.29, 1.82) is 0 Å². The van der Waals surface area contributed by atoms with E-state index < -0.39 is 0 Å². The molecule has 4 nitrogen and oxygen atoms in total. The number of nitrogens with zero attached hydrogens (tertiary/aromatic N) is 3. The van der Waals surface area contributed by atoms with E-state index in [2.05, 4.69) is 26.9 Å². The van der Waals surface area contributed by atoms with Gasteiger partial charge in [-0.1, -0.05) is 48.2 Å². The van der Waals surface area contributed by atoms with E-state index >= 15 is 0 Å². The van der Waals surface area contributed by atoms with Gasteiger partial charge in [-0.15, -0.1) is 10.2 Å². The van der Waals surface area contributed by atoms with Crippen LogP contribution in [0.4, 0.5) is 0 Å². The first-order chi connectivity index (χ1) is 12.9. The van der Waals surface area contributed by atoms with Crippen molar-refractivity contribution >= 4 is 11.8 Å². The van der Waals surface area contributed by atoms with Crippen molar-refractivity contribution in [2.24, 2.45) is 0 Å². The topological polar surface area (TPSA) is 39.9 Å². The number of ether oxygens (including phenoxy) is 1. The normalized spacial score (nSPS) is 16.6. The molecule has 2 aliphatic carbocycles. The minimum Gasteiger partial charge on any atom is -0.457 e. The van der Waals surface area contributed by atoms with Crippen molar-refractivity contribution in [3.63, 3.8) is 0 Å². The predicted octanol–water partition coefficient (Wildman–Crippen LogP) is 5.58. The van der Waals surface area contributed by atoms with E-state index in [1.807, 2.05) is 42.5 Å². The lowest BCUT2D eigenvalue weighted by molar-refractivity contribution is 0.478. The van der Waals surface area contributed by atoms with Gasteiger partial charge in [-0.25, -0.2) is 0 Å². The molecule has 0 spiro atoms. The number of rotatable bonds is 7. The molecular weight excluding hydrogens is 342 g/mol. The Balaban J connectivity index is 1.35. The van der Waals surface area contributed by atoms with Gasteiger partial charge in [-0.05, 0) is 43.9 Å². The number of aromatic nitrogens is 3. The monoisotopic (exact) mass is 363 g/mol. The molecule has 132 valence electrons. The van der Waals surface area contributed by atoms with E-state index in [0.29, 0.717) is 12.0 Å². The van der Waals surface area contributed by atoms with Crippen LogP contribution in [0.15, 0.2) is 59.8 Å². The van der Waals surface area contributed by atoms with Gasteiger partial charge in [0.1, 0.15) is 17.3 Å². The molecular formula is C21H21N3OS. The molecule has 0 bridgehead atoms. The zero-order chi connectivity index (χ0) is 17.3. The number of thioether (sulfide) groups is 1. The molecule has 26 heavy (non-hydrogen) atoms. The molecule has 0 unspecified atom stereocenters. The molecule has 0 N–H and O–H groups in total. The second kappa shape index (κ2) is 6.80. The van der Waals surface area contributed by atoms with Crippen LogP contribution in [0.3, 0.4) is 0 Å². The smallest absolute Gasteiger partial charge is 0.191 e. The maximum absolute atomic E-state index is 6.09. The van der Waals surface area contributed by atoms with Crippen LogP contribution in [0, 0.1) is 0 Å². The number of hydrogen-bond donors (Lipinski definition) is 0. The zero-order valence-corrected chi connectivity index (χ0v) is 15.4. The Labute approximate surface area is 157 Å². The quantitative estimate of drug-likeness (QED) is 0.514. The fourth-order valence-electron chi connectivity index (χ4n) is 3.16. The summed E-state index contributed by atoms with van der Waals surface area (Å²) in [4.78, 5) is 0. The van der Waals surface area contributed by atoms with Crippen molar-refractivity contribution < 1.29 is 4.74 Å². The third-order valence-corrected chi connectivity index (χ3v) is 5.84. The summed E-state index contributed by atoms with van der Waals surface area (Å²) in [5, 5.41) is 10.1. The fourth-order valence-corrected chi connectivity index (χ4v) is 4.17. The highest BCUT2D eigenvalue weighted by atomic mass is 32.2. The molecule has 2 fully saturated rings. The van der Waals surface area contributed by atoms with Gasteiger partial charge in [-0.3, -0.25) is 0 Å². The maximum atomic E-state index is 6.09. The highest BCUT2D eigenvalue weighted by Gasteiger charge is 2.36. The largest absolute Gasteiger partial charge is 0.457 e. The van der Waals surface area contributed by atoms with E-state index in [4.69, 9.17) is 4.74 Å². The van der Waals surface area contributed by atoms with Crippen molar-refractivity contribution in [3.8, 4) is 11.5 Å². The molecule has 0 aliphatic heterocycles. The first-order valence-electron chi connectivity index (χ1n) is 9.27. The van der Waals surface area contributed by atoms with E-state index in [1.165, 1.54) is 37.1 Å². The molecule has 1 aromatic heterocycles. The number of benzene rings is 2. The highest BCUT2D eigenvalue weighted by molar-refractivity contribution is 7.98. The molecule has 2 aromatic carbocycles. The van der Waals surface area contributed by atoms with Crippen LogP contribution in [0.25, 0.3) is 0 Å². The zero-order valence-electron chi connectivity index (χ0n) is 14.5. The van der Waals surface area contributed by atoms with E-state index in [-0.39, 0.29) is 0 Å². The van der Waals surface area contributed by atoms with E-state index in [0.717, 1.165) is 22.4 Å². The fraction of sp³-hybridized carbons (Fsp3) is 0.333. The Morgan fingerprint density at radius 2 is 1.69 bits per heavy atom. The molecule has 2 aliphatic rings. The molecule has 1 heterocycles. The van der Waals surface area contributed by atoms with Crippen LogP contribution in [0.5, 0.6) is 11.5 Å². The molecule has 0 amide bonds. The Kier molecular flexibility index (Phi) is 4.17. The van der Waals surface area contributed by atoms with Gasteiger partial charge >= 0.3 is 0 Å². The van der Waals surface area contributed by atoms with Gasteiger partial charge < -0.3 is 9.30 Å². The molecule has 0 radical (unpaired) electrons. The van der Waals surface area contributed by atoms with Gasteiger partial charge in [0, 0.05) is 23.3 Å². The lowest BCUT2D eigenvalue weighted by Crippen LogP contribution is -2.02. The molecule has 0 saturated heterocycles. The van der Waals surface area contributed by atoms with Crippen LogP contribution < -0.4 is 4.74 Å². The van der Waals surface area contributed by atoms with Crippen molar-refractivity contribution in [2.75, 3.05) is 0 Å². The summed E-state index contributed by atoms with van der Waals surface area (Å²) in [5.41, 5.74) is 1.18. The summed E-state index contributed by atoms with van der Waals surface area (Å²) >= 11 is 1.77. The van der Waals surface area contributed by atoms with Gasteiger partial charge in [0.25, 0.3) is 0 Å². The summed E-state index contributed by atoms with van der Waals surface area (Å²) in [7, 11) is 0. The van der Waals surface area contributed by atoms with E-state index in [9.17, 15) is 0 Å². The highest BCUT2D eigenvalue weighted by Crippen LogP contribution is 2.46. The first kappa shape index (κ1) is 15.9. The predicted molar refractivity (Wildman–Crippen MR) is 103 cm³/mol. The number of para-hydroxylation sites is 2. The Morgan fingerprint density at radius 1 is 0.923 bits per heavy atom. The third-order valence-electron chi connectivity index (χ3n) is 4.85. The Bertz CT molecular complexity index is 901. The molecule has 0 atom stereocenters. The molecule has 5 rings (SSSR count). The average Bonchev–Trinajstić information content (AvgIpc) is 3.61. The Morgan fingerprint density at radius 3 is 2.46 bits per heavy atom. The molecule has 2 saturated carbocycles. The summed E-state index contributed by atoms with van der Waals surface area (Å²) in [6.45, 7) is 0. The van der Waals surface area contributed by atoms with Crippen LogP contribution >= 0.6 is 11.8 Å². The van der Waals surface area contributed by atoms with Crippen LogP contribution in [-0.2, 0) is 5.75 Å². The standard InChI is InChI=1S/C21H21N3OS/c1-2-7-18(8-3-1)25-19-9-5-4-6-16(19)14-26-21-23-22-20(15-10-11-15)24(21)17-12-13-17/h1-9,15,17H,10-14H2. The third kappa shape index (κ3) is 3.36. The second-order valence-electron chi connectivity index (χ2n) is 7.03. The Hall–Kier alpha value is -2.27. The van der Waals surface area contributed by atoms with Gasteiger partial charge in [0.05, 0.1) is 0 Å². The lowest BCUT2D eigenvalue weighted by atomic mass is 10.2. The summed E-state index contributed by atoms with van der Waals surface area (Å²) < 4.78 is 8.49. The number of hydrogen-bond acceptors (Lipinski definition) is 4. The van der Waals surface area contributed by atoms with Crippen molar-refractivity contribution in [2.45, 2.75) is 48.6 Å². The summed E-state index contributed by atoms with van der Waals surface area (Å²) in [5.74, 6) is 4.46. The first-order valence-corrected chi connectivity index (χ1v) is 10.3. The van der Waals surface area contributed by atoms with Gasteiger partial charge in [-0.2, -0.15) is 0 Å².